The largest absolute Gasteiger partial charge is 0.376 e. The van der Waals surface area contributed by atoms with Crippen LogP contribution in [0.25, 0.3) is 0 Å². The Kier molecular flexibility index (Phi) is 5.57. The molecule has 7 heteroatoms. The number of nitrogens with zero attached hydrogens (tertiary/aromatic N) is 6. The molecular formula is C19H28N6O. The van der Waals surface area contributed by atoms with E-state index in [-0.39, 0.29) is 12.1 Å². The Hall–Kier alpha value is -1.83. The molecule has 3 heterocycles. The van der Waals surface area contributed by atoms with E-state index in [1.165, 1.54) is 5.56 Å². The average Bonchev–Trinajstić information content (AvgIpc) is 3.37. The lowest BCUT2D eigenvalue weighted by molar-refractivity contribution is 0.0861. The fourth-order valence-corrected chi connectivity index (χ4v) is 4.01. The Labute approximate surface area is 154 Å². The molecule has 0 bridgehead atoms. The van der Waals surface area contributed by atoms with E-state index in [1.54, 1.807) is 0 Å². The SMILES string of the molecule is CCN1CCN([C@@H](c2ccccc2)c2nnnn2C[C@@H]2CCCO2)CC1. The first-order chi connectivity index (χ1) is 12.8. The third-order valence-electron chi connectivity index (χ3n) is 5.54. The van der Waals surface area contributed by atoms with Crippen LogP contribution in [-0.4, -0.2) is 75.4 Å². The van der Waals surface area contributed by atoms with E-state index in [1.807, 2.05) is 4.68 Å². The van der Waals surface area contributed by atoms with Crippen LogP contribution in [0.2, 0.25) is 0 Å². The van der Waals surface area contributed by atoms with Crippen molar-refractivity contribution in [1.82, 2.24) is 30.0 Å². The maximum atomic E-state index is 5.80. The monoisotopic (exact) mass is 356 g/mol. The van der Waals surface area contributed by atoms with E-state index in [9.17, 15) is 0 Å². The number of benzene rings is 1. The first kappa shape index (κ1) is 17.6. The van der Waals surface area contributed by atoms with Crippen LogP contribution in [0.5, 0.6) is 0 Å². The molecule has 0 unspecified atom stereocenters. The highest BCUT2D eigenvalue weighted by atomic mass is 16.5. The second-order valence-electron chi connectivity index (χ2n) is 7.14. The zero-order valence-electron chi connectivity index (χ0n) is 15.5. The Morgan fingerprint density at radius 3 is 2.65 bits per heavy atom. The van der Waals surface area contributed by atoms with Gasteiger partial charge >= 0.3 is 0 Å². The van der Waals surface area contributed by atoms with Gasteiger partial charge in [-0.15, -0.1) is 5.10 Å². The highest BCUT2D eigenvalue weighted by Gasteiger charge is 2.31. The van der Waals surface area contributed by atoms with Gasteiger partial charge in [0.1, 0.15) is 0 Å². The number of rotatable bonds is 6. The molecule has 2 aliphatic rings. The summed E-state index contributed by atoms with van der Waals surface area (Å²) in [6, 6.07) is 10.7. The van der Waals surface area contributed by atoms with Gasteiger partial charge in [-0.2, -0.15) is 0 Å². The fourth-order valence-electron chi connectivity index (χ4n) is 4.01. The van der Waals surface area contributed by atoms with E-state index >= 15 is 0 Å². The molecule has 140 valence electrons. The summed E-state index contributed by atoms with van der Waals surface area (Å²) < 4.78 is 7.76. The molecule has 2 atom stereocenters. The van der Waals surface area contributed by atoms with E-state index < -0.39 is 0 Å². The van der Waals surface area contributed by atoms with Crippen LogP contribution < -0.4 is 0 Å². The van der Waals surface area contributed by atoms with Crippen LogP contribution in [-0.2, 0) is 11.3 Å². The van der Waals surface area contributed by atoms with Crippen molar-refractivity contribution in [3.63, 3.8) is 0 Å². The topological polar surface area (TPSA) is 59.3 Å². The van der Waals surface area contributed by atoms with Gasteiger partial charge in [0.15, 0.2) is 5.82 Å². The Morgan fingerprint density at radius 2 is 1.96 bits per heavy atom. The zero-order chi connectivity index (χ0) is 17.8. The number of ether oxygens (including phenoxy) is 1. The zero-order valence-corrected chi connectivity index (χ0v) is 15.5. The number of likely N-dealkylation sites (N-methyl/N-ethyl adjacent to an activating group) is 1. The molecule has 0 saturated carbocycles. The molecule has 2 aliphatic heterocycles. The smallest absolute Gasteiger partial charge is 0.173 e. The van der Waals surface area contributed by atoms with Crippen molar-refractivity contribution in [2.24, 2.45) is 0 Å². The molecule has 0 radical (unpaired) electrons. The maximum absolute atomic E-state index is 5.80. The Balaban J connectivity index is 1.60. The lowest BCUT2D eigenvalue weighted by atomic mass is 10.0. The van der Waals surface area contributed by atoms with Crippen LogP contribution in [0.15, 0.2) is 30.3 Å². The van der Waals surface area contributed by atoms with Crippen LogP contribution in [0.4, 0.5) is 0 Å². The minimum Gasteiger partial charge on any atom is -0.376 e. The highest BCUT2D eigenvalue weighted by Crippen LogP contribution is 2.28. The van der Waals surface area contributed by atoms with Crippen molar-refractivity contribution in [2.45, 2.75) is 38.5 Å². The second kappa shape index (κ2) is 8.24. The van der Waals surface area contributed by atoms with Crippen LogP contribution in [0, 0.1) is 0 Å². The summed E-state index contributed by atoms with van der Waals surface area (Å²) in [5, 5.41) is 12.7. The van der Waals surface area contributed by atoms with Crippen LogP contribution in [0.3, 0.4) is 0 Å². The molecule has 0 amide bonds. The average molecular weight is 356 g/mol. The van der Waals surface area contributed by atoms with Gasteiger partial charge in [-0.3, -0.25) is 4.90 Å². The molecule has 4 rings (SSSR count). The van der Waals surface area contributed by atoms with Crippen LogP contribution in [0.1, 0.15) is 37.2 Å². The van der Waals surface area contributed by atoms with Crippen molar-refractivity contribution in [3.05, 3.63) is 41.7 Å². The van der Waals surface area contributed by atoms with E-state index in [2.05, 4.69) is 62.6 Å². The molecule has 1 aromatic heterocycles. The number of aromatic nitrogens is 4. The molecule has 2 saturated heterocycles. The van der Waals surface area contributed by atoms with Gasteiger partial charge in [0.2, 0.25) is 0 Å². The lowest BCUT2D eigenvalue weighted by Gasteiger charge is -2.38. The first-order valence-electron chi connectivity index (χ1n) is 9.74. The summed E-state index contributed by atoms with van der Waals surface area (Å²) in [7, 11) is 0. The molecular weight excluding hydrogens is 328 g/mol. The van der Waals surface area contributed by atoms with Gasteiger partial charge in [0.05, 0.1) is 18.7 Å². The molecule has 2 fully saturated rings. The quantitative estimate of drug-likeness (QED) is 0.783. The van der Waals surface area contributed by atoms with Gasteiger partial charge in [0.25, 0.3) is 0 Å². The number of hydrogen-bond acceptors (Lipinski definition) is 6. The molecule has 2 aromatic rings. The normalized spacial score (nSPS) is 23.3. The van der Waals surface area contributed by atoms with Crippen molar-refractivity contribution < 1.29 is 4.74 Å². The third-order valence-corrected chi connectivity index (χ3v) is 5.54. The van der Waals surface area contributed by atoms with Gasteiger partial charge in [-0.1, -0.05) is 37.3 Å². The minimum atomic E-state index is 0.0895. The van der Waals surface area contributed by atoms with E-state index in [0.29, 0.717) is 0 Å². The standard InChI is InChI=1S/C19H28N6O/c1-2-23-10-12-24(13-11-23)18(16-7-4-3-5-8-16)19-20-21-22-25(19)15-17-9-6-14-26-17/h3-5,7-8,17-18H,2,6,9-15H2,1H3/t17-,18-/m0/s1. The first-order valence-corrected chi connectivity index (χ1v) is 9.74. The number of hydrogen-bond donors (Lipinski definition) is 0. The lowest BCUT2D eigenvalue weighted by Crippen LogP contribution is -2.48. The van der Waals surface area contributed by atoms with Gasteiger partial charge in [0, 0.05) is 32.8 Å². The Morgan fingerprint density at radius 1 is 1.15 bits per heavy atom. The van der Waals surface area contributed by atoms with Crippen molar-refractivity contribution in [2.75, 3.05) is 39.3 Å². The molecule has 0 N–H and O–H groups in total. The van der Waals surface area contributed by atoms with Crippen LogP contribution >= 0.6 is 0 Å². The maximum Gasteiger partial charge on any atom is 0.173 e. The summed E-state index contributed by atoms with van der Waals surface area (Å²) in [5.41, 5.74) is 1.25. The predicted molar refractivity (Wildman–Crippen MR) is 98.8 cm³/mol. The second-order valence-corrected chi connectivity index (χ2v) is 7.14. The molecule has 7 nitrogen and oxygen atoms in total. The van der Waals surface area contributed by atoms with Crippen molar-refractivity contribution in [3.8, 4) is 0 Å². The van der Waals surface area contributed by atoms with E-state index in [4.69, 9.17) is 4.74 Å². The van der Waals surface area contributed by atoms with Crippen molar-refractivity contribution in [1.29, 1.82) is 0 Å². The number of piperazine rings is 1. The molecule has 0 spiro atoms. The summed E-state index contributed by atoms with van der Waals surface area (Å²) in [5.74, 6) is 0.927. The summed E-state index contributed by atoms with van der Waals surface area (Å²) in [6.45, 7) is 9.16. The van der Waals surface area contributed by atoms with Gasteiger partial charge < -0.3 is 9.64 Å². The fraction of sp³-hybridized carbons (Fsp3) is 0.632. The number of tetrazole rings is 1. The van der Waals surface area contributed by atoms with Gasteiger partial charge in [-0.05, 0) is 35.4 Å². The summed E-state index contributed by atoms with van der Waals surface area (Å²) >= 11 is 0. The van der Waals surface area contributed by atoms with Crippen molar-refractivity contribution >= 4 is 0 Å². The predicted octanol–water partition coefficient (Wildman–Crippen LogP) is 1.58. The summed E-state index contributed by atoms with van der Waals surface area (Å²) in [4.78, 5) is 5.01. The Bertz CT molecular complexity index is 676. The molecule has 26 heavy (non-hydrogen) atoms. The summed E-state index contributed by atoms with van der Waals surface area (Å²) in [6.07, 6.45) is 2.44. The molecule has 0 aliphatic carbocycles. The highest BCUT2D eigenvalue weighted by molar-refractivity contribution is 5.25. The van der Waals surface area contributed by atoms with Gasteiger partial charge in [-0.25, -0.2) is 4.68 Å². The van der Waals surface area contributed by atoms with E-state index in [0.717, 1.165) is 64.5 Å². The minimum absolute atomic E-state index is 0.0895. The third kappa shape index (κ3) is 3.79. The molecule has 1 aromatic carbocycles.